The summed E-state index contributed by atoms with van der Waals surface area (Å²) in [4.78, 5) is 26.8. The molecule has 1 aliphatic rings. The largest absolute Gasteiger partial charge is 0.344 e. The number of carbonyl (C=O) groups excluding carboxylic acids is 2. The lowest BCUT2D eigenvalue weighted by Gasteiger charge is -2.22. The molecule has 16 heavy (non-hydrogen) atoms. The van der Waals surface area contributed by atoms with Crippen LogP contribution in [0.2, 0.25) is 0 Å². The molecule has 2 heterocycles. The van der Waals surface area contributed by atoms with Gasteiger partial charge >= 0.3 is 0 Å². The number of aromatic nitrogens is 1. The van der Waals surface area contributed by atoms with Gasteiger partial charge in [0.2, 0.25) is 11.8 Å². The number of carbonyl (C=O) groups is 2. The fourth-order valence-corrected chi connectivity index (χ4v) is 1.67. The molecule has 2 rings (SSSR count). The highest BCUT2D eigenvalue weighted by Gasteiger charge is 2.24. The third-order valence-corrected chi connectivity index (χ3v) is 2.48. The highest BCUT2D eigenvalue weighted by Crippen LogP contribution is 2.11. The lowest BCUT2D eigenvalue weighted by molar-refractivity contribution is -0.128. The number of pyridine rings is 1. The molecule has 0 bridgehead atoms. The van der Waals surface area contributed by atoms with Crippen LogP contribution in [-0.2, 0) is 9.59 Å². The Labute approximate surface area is 93.3 Å². The van der Waals surface area contributed by atoms with Crippen molar-refractivity contribution in [2.75, 3.05) is 5.32 Å². The van der Waals surface area contributed by atoms with Gasteiger partial charge in [0.1, 0.15) is 6.04 Å². The summed E-state index contributed by atoms with van der Waals surface area (Å²) in [6.45, 7) is 0. The molecular weight excluding hydrogens is 206 g/mol. The molecule has 0 aromatic carbocycles. The van der Waals surface area contributed by atoms with E-state index in [9.17, 15) is 9.59 Å². The molecule has 2 amide bonds. The van der Waals surface area contributed by atoms with Crippen molar-refractivity contribution in [1.29, 1.82) is 0 Å². The van der Waals surface area contributed by atoms with Gasteiger partial charge in [0.25, 0.3) is 0 Å². The molecule has 0 aliphatic carbocycles. The molecule has 5 nitrogen and oxygen atoms in total. The number of hydrogen-bond donors (Lipinski definition) is 2. The average molecular weight is 219 g/mol. The molecule has 84 valence electrons. The molecule has 0 unspecified atom stereocenters. The summed E-state index contributed by atoms with van der Waals surface area (Å²) in [5.74, 6) is -0.237. The van der Waals surface area contributed by atoms with Crippen molar-refractivity contribution in [3.8, 4) is 0 Å². The number of nitrogens with one attached hydrogen (secondary N) is 2. The number of anilines is 1. The number of rotatable bonds is 2. The fourth-order valence-electron chi connectivity index (χ4n) is 1.67. The van der Waals surface area contributed by atoms with Crippen LogP contribution in [0.5, 0.6) is 0 Å². The molecule has 1 aromatic rings. The van der Waals surface area contributed by atoms with E-state index >= 15 is 0 Å². The highest BCUT2D eigenvalue weighted by atomic mass is 16.2. The molecule has 1 atom stereocenters. The van der Waals surface area contributed by atoms with Crippen molar-refractivity contribution < 1.29 is 9.59 Å². The van der Waals surface area contributed by atoms with Crippen LogP contribution in [0.4, 0.5) is 5.69 Å². The molecule has 1 aromatic heterocycles. The van der Waals surface area contributed by atoms with E-state index in [1.807, 2.05) is 0 Å². The van der Waals surface area contributed by atoms with Gasteiger partial charge in [0, 0.05) is 12.6 Å². The number of amides is 2. The maximum atomic E-state index is 11.8. The van der Waals surface area contributed by atoms with Gasteiger partial charge in [-0.2, -0.15) is 0 Å². The number of hydrogen-bond acceptors (Lipinski definition) is 3. The third-order valence-electron chi connectivity index (χ3n) is 2.48. The normalized spacial score (nSPS) is 20.0. The summed E-state index contributed by atoms with van der Waals surface area (Å²) in [7, 11) is 0. The second-order valence-corrected chi connectivity index (χ2v) is 3.74. The van der Waals surface area contributed by atoms with E-state index in [0.29, 0.717) is 18.5 Å². The topological polar surface area (TPSA) is 71.1 Å². The van der Waals surface area contributed by atoms with Crippen molar-refractivity contribution in [1.82, 2.24) is 10.3 Å². The van der Waals surface area contributed by atoms with Crippen LogP contribution in [0, 0.1) is 0 Å². The van der Waals surface area contributed by atoms with Crippen LogP contribution in [0.25, 0.3) is 0 Å². The Morgan fingerprint density at radius 3 is 3.12 bits per heavy atom. The van der Waals surface area contributed by atoms with E-state index in [-0.39, 0.29) is 11.8 Å². The standard InChI is InChI=1S/C11H13N3O2/c15-10-5-1-4-9(14-10)11(16)13-8-3-2-6-12-7-8/h2-3,6-7,9H,1,4-5H2,(H,13,16)(H,14,15)/t9-/m1/s1. The van der Waals surface area contributed by atoms with Crippen LogP contribution in [-0.4, -0.2) is 22.8 Å². The first-order valence-electron chi connectivity index (χ1n) is 5.26. The van der Waals surface area contributed by atoms with Gasteiger partial charge in [-0.3, -0.25) is 14.6 Å². The number of nitrogens with zero attached hydrogens (tertiary/aromatic N) is 1. The van der Waals surface area contributed by atoms with Crippen LogP contribution < -0.4 is 10.6 Å². The number of piperidine rings is 1. The third kappa shape index (κ3) is 2.56. The first-order valence-corrected chi connectivity index (χ1v) is 5.26. The van der Waals surface area contributed by atoms with Crippen molar-refractivity contribution in [3.05, 3.63) is 24.5 Å². The molecule has 0 radical (unpaired) electrons. The van der Waals surface area contributed by atoms with Crippen LogP contribution in [0.1, 0.15) is 19.3 Å². The van der Waals surface area contributed by atoms with Gasteiger partial charge in [0.15, 0.2) is 0 Å². The summed E-state index contributed by atoms with van der Waals surface area (Å²) in [5, 5.41) is 5.38. The highest BCUT2D eigenvalue weighted by molar-refractivity contribution is 5.97. The molecular formula is C11H13N3O2. The summed E-state index contributed by atoms with van der Waals surface area (Å²) in [6, 6.07) is 3.09. The van der Waals surface area contributed by atoms with Gasteiger partial charge in [-0.05, 0) is 25.0 Å². The zero-order valence-electron chi connectivity index (χ0n) is 8.77. The van der Waals surface area contributed by atoms with E-state index < -0.39 is 6.04 Å². The van der Waals surface area contributed by atoms with E-state index in [2.05, 4.69) is 15.6 Å². The van der Waals surface area contributed by atoms with E-state index in [1.54, 1.807) is 24.5 Å². The second kappa shape index (κ2) is 4.74. The minimum absolute atomic E-state index is 0.0578. The zero-order valence-corrected chi connectivity index (χ0v) is 8.77. The van der Waals surface area contributed by atoms with Crippen LogP contribution in [0.15, 0.2) is 24.5 Å². The maximum Gasteiger partial charge on any atom is 0.246 e. The van der Waals surface area contributed by atoms with Crippen molar-refractivity contribution in [2.45, 2.75) is 25.3 Å². The van der Waals surface area contributed by atoms with Gasteiger partial charge in [-0.25, -0.2) is 0 Å². The monoisotopic (exact) mass is 219 g/mol. The van der Waals surface area contributed by atoms with Gasteiger partial charge < -0.3 is 10.6 Å². The molecule has 0 spiro atoms. The molecule has 0 saturated carbocycles. The molecule has 1 saturated heterocycles. The predicted octanol–water partition coefficient (Wildman–Crippen LogP) is 0.689. The van der Waals surface area contributed by atoms with E-state index in [0.717, 1.165) is 6.42 Å². The Morgan fingerprint density at radius 2 is 2.44 bits per heavy atom. The Kier molecular flexibility index (Phi) is 3.14. The van der Waals surface area contributed by atoms with Gasteiger partial charge in [-0.15, -0.1) is 0 Å². The minimum Gasteiger partial charge on any atom is -0.344 e. The summed E-state index contributed by atoms with van der Waals surface area (Å²) in [5.41, 5.74) is 0.646. The molecule has 2 N–H and O–H groups in total. The van der Waals surface area contributed by atoms with Crippen LogP contribution >= 0.6 is 0 Å². The van der Waals surface area contributed by atoms with Crippen molar-refractivity contribution >= 4 is 17.5 Å². The van der Waals surface area contributed by atoms with E-state index in [4.69, 9.17) is 0 Å². The minimum atomic E-state index is -0.415. The molecule has 1 aliphatic heterocycles. The van der Waals surface area contributed by atoms with Gasteiger partial charge in [-0.1, -0.05) is 0 Å². The quantitative estimate of drug-likeness (QED) is 0.768. The van der Waals surface area contributed by atoms with Crippen molar-refractivity contribution in [2.24, 2.45) is 0 Å². The van der Waals surface area contributed by atoms with Crippen molar-refractivity contribution in [3.63, 3.8) is 0 Å². The maximum absolute atomic E-state index is 11.8. The lowest BCUT2D eigenvalue weighted by Crippen LogP contribution is -2.46. The smallest absolute Gasteiger partial charge is 0.246 e. The van der Waals surface area contributed by atoms with Crippen LogP contribution in [0.3, 0.4) is 0 Å². The first-order chi connectivity index (χ1) is 7.75. The summed E-state index contributed by atoms with van der Waals surface area (Å²) >= 11 is 0. The SMILES string of the molecule is O=C1CCC[C@H](C(=O)Nc2cccnc2)N1. The predicted molar refractivity (Wildman–Crippen MR) is 58.6 cm³/mol. The zero-order chi connectivity index (χ0) is 11.4. The Bertz CT molecular complexity index is 391. The summed E-state index contributed by atoms with van der Waals surface area (Å²) < 4.78 is 0. The fraction of sp³-hybridized carbons (Fsp3) is 0.364. The van der Waals surface area contributed by atoms with Gasteiger partial charge in [0.05, 0.1) is 11.9 Å². The Balaban J connectivity index is 1.95. The average Bonchev–Trinajstić information content (AvgIpc) is 2.30. The Hall–Kier alpha value is -1.91. The summed E-state index contributed by atoms with van der Waals surface area (Å²) in [6.07, 6.45) is 5.17. The Morgan fingerprint density at radius 1 is 1.56 bits per heavy atom. The molecule has 1 fully saturated rings. The van der Waals surface area contributed by atoms with E-state index in [1.165, 1.54) is 0 Å². The lowest BCUT2D eigenvalue weighted by atomic mass is 10.0. The first kappa shape index (κ1) is 10.6. The molecule has 5 heteroatoms. The second-order valence-electron chi connectivity index (χ2n) is 3.74.